The van der Waals surface area contributed by atoms with Crippen molar-refractivity contribution < 1.29 is 22.7 Å². The Hall–Kier alpha value is -2.86. The molecule has 0 radical (unpaired) electrons. The first-order valence-electron chi connectivity index (χ1n) is 9.13. The molecule has 1 N–H and O–H groups in total. The van der Waals surface area contributed by atoms with Crippen LogP contribution >= 0.6 is 27.7 Å². The highest BCUT2D eigenvalue weighted by Gasteiger charge is 2.30. The van der Waals surface area contributed by atoms with E-state index in [2.05, 4.69) is 43.0 Å². The number of anilines is 1. The number of halogens is 4. The Morgan fingerprint density at radius 3 is 2.78 bits per heavy atom. The minimum absolute atomic E-state index is 0.0570. The first kappa shape index (κ1) is 23.8. The molecule has 0 saturated carbocycles. The van der Waals surface area contributed by atoms with Crippen molar-refractivity contribution in [1.29, 1.82) is 0 Å². The molecular formula is C20H17BrF3N5O2S. The van der Waals surface area contributed by atoms with Crippen molar-refractivity contribution >= 4 is 39.4 Å². The zero-order chi connectivity index (χ0) is 23.1. The fourth-order valence-electron chi connectivity index (χ4n) is 2.51. The van der Waals surface area contributed by atoms with Crippen molar-refractivity contribution in [3.8, 4) is 5.75 Å². The second kappa shape index (κ2) is 10.6. The van der Waals surface area contributed by atoms with E-state index in [-0.39, 0.29) is 24.0 Å². The molecule has 12 heteroatoms. The van der Waals surface area contributed by atoms with E-state index in [0.717, 1.165) is 28.4 Å². The van der Waals surface area contributed by atoms with Gasteiger partial charge in [-0.05, 0) is 46.3 Å². The Kier molecular flexibility index (Phi) is 7.91. The number of benzene rings is 1. The van der Waals surface area contributed by atoms with E-state index < -0.39 is 11.7 Å². The standard InChI is InChI=1S/C20H17BrF3N5O2S/c1-2-8-29-17(11-31-15-5-3-4-13(9-15)20(22,23)24)27-28-19(29)32-12-18(30)26-16-7-6-14(21)10-25-16/h2-7,9-10H,1,8,11-12H2,(H,25,26,30). The summed E-state index contributed by atoms with van der Waals surface area (Å²) in [6.07, 6.45) is -1.27. The molecule has 1 aromatic carbocycles. The molecule has 1 amide bonds. The average Bonchev–Trinajstić information content (AvgIpc) is 3.14. The molecule has 3 aromatic rings. The van der Waals surface area contributed by atoms with E-state index in [4.69, 9.17) is 4.74 Å². The van der Waals surface area contributed by atoms with E-state index in [1.165, 1.54) is 12.1 Å². The van der Waals surface area contributed by atoms with Crippen LogP contribution in [0, 0.1) is 0 Å². The molecule has 168 valence electrons. The molecule has 3 rings (SSSR count). The van der Waals surface area contributed by atoms with Crippen LogP contribution in [0.5, 0.6) is 5.75 Å². The molecule has 0 unspecified atom stereocenters. The van der Waals surface area contributed by atoms with Crippen LogP contribution in [0.2, 0.25) is 0 Å². The molecule has 0 fully saturated rings. The van der Waals surface area contributed by atoms with E-state index in [1.807, 2.05) is 0 Å². The van der Waals surface area contributed by atoms with Crippen LogP contribution in [0.15, 0.2) is 64.9 Å². The van der Waals surface area contributed by atoms with Crippen molar-refractivity contribution in [2.75, 3.05) is 11.1 Å². The maximum absolute atomic E-state index is 12.9. The molecule has 0 bridgehead atoms. The molecule has 0 aliphatic heterocycles. The maximum Gasteiger partial charge on any atom is 0.416 e. The second-order valence-electron chi connectivity index (χ2n) is 6.31. The number of pyridine rings is 1. The Bertz CT molecular complexity index is 1090. The van der Waals surface area contributed by atoms with Crippen LogP contribution in [0.1, 0.15) is 11.4 Å². The van der Waals surface area contributed by atoms with Crippen molar-refractivity contribution in [2.24, 2.45) is 0 Å². The molecule has 0 aliphatic carbocycles. The van der Waals surface area contributed by atoms with Crippen LogP contribution in [-0.4, -0.2) is 31.4 Å². The third-order valence-electron chi connectivity index (χ3n) is 3.96. The minimum atomic E-state index is -4.46. The highest BCUT2D eigenvalue weighted by atomic mass is 79.9. The van der Waals surface area contributed by atoms with Gasteiger partial charge in [0.1, 0.15) is 18.2 Å². The summed E-state index contributed by atoms with van der Waals surface area (Å²) >= 11 is 4.43. The van der Waals surface area contributed by atoms with Gasteiger partial charge in [0.05, 0.1) is 11.3 Å². The number of nitrogens with zero attached hydrogens (tertiary/aromatic N) is 4. The zero-order valence-electron chi connectivity index (χ0n) is 16.5. The summed E-state index contributed by atoms with van der Waals surface area (Å²) in [4.78, 5) is 16.3. The number of hydrogen-bond acceptors (Lipinski definition) is 6. The lowest BCUT2D eigenvalue weighted by Gasteiger charge is -2.11. The van der Waals surface area contributed by atoms with Gasteiger partial charge in [-0.15, -0.1) is 16.8 Å². The SMILES string of the molecule is C=CCn1c(COc2cccc(C(F)(F)F)c2)nnc1SCC(=O)Nc1ccc(Br)cn1. The van der Waals surface area contributed by atoms with Crippen molar-refractivity contribution in [3.63, 3.8) is 0 Å². The van der Waals surface area contributed by atoms with Gasteiger partial charge in [-0.3, -0.25) is 9.36 Å². The first-order valence-corrected chi connectivity index (χ1v) is 10.9. The topological polar surface area (TPSA) is 81.9 Å². The van der Waals surface area contributed by atoms with Crippen LogP contribution in [0.4, 0.5) is 19.0 Å². The van der Waals surface area contributed by atoms with Crippen molar-refractivity contribution in [2.45, 2.75) is 24.5 Å². The number of hydrogen-bond donors (Lipinski definition) is 1. The van der Waals surface area contributed by atoms with Crippen LogP contribution in [0.3, 0.4) is 0 Å². The van der Waals surface area contributed by atoms with E-state index in [0.29, 0.717) is 23.3 Å². The lowest BCUT2D eigenvalue weighted by Crippen LogP contribution is -2.15. The second-order valence-corrected chi connectivity index (χ2v) is 8.17. The fraction of sp³-hybridized carbons (Fsp3) is 0.200. The highest BCUT2D eigenvalue weighted by Crippen LogP contribution is 2.31. The molecule has 7 nitrogen and oxygen atoms in total. The van der Waals surface area contributed by atoms with E-state index in [9.17, 15) is 18.0 Å². The van der Waals surface area contributed by atoms with Crippen LogP contribution < -0.4 is 10.1 Å². The lowest BCUT2D eigenvalue weighted by molar-refractivity contribution is -0.137. The Morgan fingerprint density at radius 2 is 2.09 bits per heavy atom. The Morgan fingerprint density at radius 1 is 1.28 bits per heavy atom. The number of carbonyl (C=O) groups excluding carboxylic acids is 1. The Balaban J connectivity index is 1.63. The summed E-state index contributed by atoms with van der Waals surface area (Å²) < 4.78 is 46.6. The largest absolute Gasteiger partial charge is 0.486 e. The summed E-state index contributed by atoms with van der Waals surface area (Å²) in [6, 6.07) is 8.01. The molecule has 2 heterocycles. The minimum Gasteiger partial charge on any atom is -0.486 e. The van der Waals surface area contributed by atoms with Crippen molar-refractivity contribution in [3.05, 3.63) is 71.1 Å². The van der Waals surface area contributed by atoms with E-state index >= 15 is 0 Å². The molecule has 32 heavy (non-hydrogen) atoms. The first-order chi connectivity index (χ1) is 15.3. The molecule has 0 atom stereocenters. The lowest BCUT2D eigenvalue weighted by atomic mass is 10.2. The maximum atomic E-state index is 12.9. The van der Waals surface area contributed by atoms with Gasteiger partial charge in [-0.25, -0.2) is 4.98 Å². The highest BCUT2D eigenvalue weighted by molar-refractivity contribution is 9.10. The molecule has 0 spiro atoms. The van der Waals surface area contributed by atoms with Crippen molar-refractivity contribution in [1.82, 2.24) is 19.7 Å². The third-order valence-corrected chi connectivity index (χ3v) is 5.40. The molecule has 0 aliphatic rings. The van der Waals surface area contributed by atoms with Gasteiger partial charge in [-0.1, -0.05) is 23.9 Å². The third kappa shape index (κ3) is 6.57. The van der Waals surface area contributed by atoms with Gasteiger partial charge in [0, 0.05) is 17.2 Å². The molecule has 0 saturated heterocycles. The van der Waals surface area contributed by atoms with Gasteiger partial charge in [0.25, 0.3) is 0 Å². The number of amides is 1. The van der Waals surface area contributed by atoms with Gasteiger partial charge in [0.15, 0.2) is 11.0 Å². The summed E-state index contributed by atoms with van der Waals surface area (Å²) in [7, 11) is 0. The fourth-order valence-corrected chi connectivity index (χ4v) is 3.52. The number of carbonyl (C=O) groups is 1. The van der Waals surface area contributed by atoms with Gasteiger partial charge in [0.2, 0.25) is 5.91 Å². The zero-order valence-corrected chi connectivity index (χ0v) is 18.9. The summed E-state index contributed by atoms with van der Waals surface area (Å²) in [5, 5.41) is 11.2. The number of ether oxygens (including phenoxy) is 1. The molecular weight excluding hydrogens is 511 g/mol. The van der Waals surface area contributed by atoms with Gasteiger partial charge < -0.3 is 10.1 Å². The van der Waals surface area contributed by atoms with Crippen LogP contribution in [-0.2, 0) is 24.1 Å². The number of alkyl halides is 3. The van der Waals surface area contributed by atoms with Crippen LogP contribution in [0.25, 0.3) is 0 Å². The predicted octanol–water partition coefficient (Wildman–Crippen LogP) is 4.95. The van der Waals surface area contributed by atoms with Gasteiger partial charge in [-0.2, -0.15) is 13.2 Å². The summed E-state index contributed by atoms with van der Waals surface area (Å²) in [6.45, 7) is 3.93. The number of aromatic nitrogens is 4. The van der Waals surface area contributed by atoms with E-state index in [1.54, 1.807) is 29.0 Å². The predicted molar refractivity (Wildman–Crippen MR) is 117 cm³/mol. The Labute approximate surface area is 194 Å². The smallest absolute Gasteiger partial charge is 0.416 e. The molecule has 2 aromatic heterocycles. The average molecular weight is 528 g/mol. The summed E-state index contributed by atoms with van der Waals surface area (Å²) in [5.41, 5.74) is -0.801. The van der Waals surface area contributed by atoms with Gasteiger partial charge >= 0.3 is 6.18 Å². The monoisotopic (exact) mass is 527 g/mol. The number of allylic oxidation sites excluding steroid dienone is 1. The number of rotatable bonds is 9. The number of thioether (sulfide) groups is 1. The quantitative estimate of drug-likeness (QED) is 0.313. The summed E-state index contributed by atoms with van der Waals surface area (Å²) in [5.74, 6) is 0.645. The normalized spacial score (nSPS) is 11.2. The number of nitrogens with one attached hydrogen (secondary N) is 1.